The first-order chi connectivity index (χ1) is 11.0. The van der Waals surface area contributed by atoms with Gasteiger partial charge in [0.15, 0.2) is 0 Å². The molecule has 1 aromatic carbocycles. The number of nitrogens with one attached hydrogen (secondary N) is 1. The summed E-state index contributed by atoms with van der Waals surface area (Å²) in [5.74, 6) is -0.124. The van der Waals surface area contributed by atoms with Crippen molar-refractivity contribution in [1.82, 2.24) is 4.90 Å². The van der Waals surface area contributed by atoms with Crippen LogP contribution in [0.5, 0.6) is 5.75 Å². The Labute approximate surface area is 140 Å². The number of methoxy groups -OCH3 is 2. The molecular formula is C16H21ClN2O4. The van der Waals surface area contributed by atoms with Gasteiger partial charge in [0.2, 0.25) is 11.8 Å². The van der Waals surface area contributed by atoms with E-state index in [1.165, 1.54) is 7.11 Å². The molecule has 0 unspecified atom stereocenters. The molecule has 6 nitrogen and oxygen atoms in total. The molecule has 1 aliphatic rings. The molecule has 0 spiro atoms. The van der Waals surface area contributed by atoms with Gasteiger partial charge >= 0.3 is 0 Å². The van der Waals surface area contributed by atoms with E-state index in [4.69, 9.17) is 21.1 Å². The smallest absolute Gasteiger partial charge is 0.229 e. The molecule has 23 heavy (non-hydrogen) atoms. The number of hydrogen-bond acceptors (Lipinski definition) is 4. The van der Waals surface area contributed by atoms with Crippen LogP contribution in [-0.4, -0.2) is 50.1 Å². The number of amides is 2. The van der Waals surface area contributed by atoms with Gasteiger partial charge in [0.25, 0.3) is 0 Å². The lowest BCUT2D eigenvalue weighted by molar-refractivity contribution is -0.130. The molecule has 1 aliphatic heterocycles. The Bertz CT molecular complexity index is 593. The zero-order valence-electron chi connectivity index (χ0n) is 13.5. The minimum absolute atomic E-state index is 0.0345. The lowest BCUT2D eigenvalue weighted by atomic mass is 10.1. The molecule has 0 radical (unpaired) electrons. The Balaban J connectivity index is 2.05. The van der Waals surface area contributed by atoms with Crippen LogP contribution in [0.2, 0.25) is 5.02 Å². The fourth-order valence-corrected chi connectivity index (χ4v) is 2.85. The standard InChI is InChI=1S/C16H21ClN2O4/c1-10(9-22-2)19-8-11(6-15(19)20)16(21)18-13-7-12(17)4-5-14(13)23-3/h4-5,7,10-11H,6,8-9H2,1-3H3,(H,18,21)/t10-,11-/m1/s1. The fraction of sp³-hybridized carbons (Fsp3) is 0.500. The Hall–Kier alpha value is -1.79. The van der Waals surface area contributed by atoms with Gasteiger partial charge in [0.05, 0.1) is 31.4 Å². The van der Waals surface area contributed by atoms with Crippen LogP contribution in [0.25, 0.3) is 0 Å². The number of anilines is 1. The van der Waals surface area contributed by atoms with Crippen molar-refractivity contribution in [2.45, 2.75) is 19.4 Å². The molecule has 2 atom stereocenters. The molecule has 2 amide bonds. The van der Waals surface area contributed by atoms with Gasteiger partial charge in [0.1, 0.15) is 5.75 Å². The molecular weight excluding hydrogens is 320 g/mol. The number of rotatable bonds is 6. The monoisotopic (exact) mass is 340 g/mol. The van der Waals surface area contributed by atoms with Gasteiger partial charge in [-0.15, -0.1) is 0 Å². The maximum atomic E-state index is 12.4. The van der Waals surface area contributed by atoms with E-state index in [2.05, 4.69) is 5.32 Å². The van der Waals surface area contributed by atoms with E-state index >= 15 is 0 Å². The first-order valence-electron chi connectivity index (χ1n) is 7.39. The predicted molar refractivity (Wildman–Crippen MR) is 87.8 cm³/mol. The van der Waals surface area contributed by atoms with E-state index in [9.17, 15) is 9.59 Å². The third-order valence-electron chi connectivity index (χ3n) is 3.89. The van der Waals surface area contributed by atoms with Crippen molar-refractivity contribution >= 4 is 29.1 Å². The van der Waals surface area contributed by atoms with Crippen molar-refractivity contribution in [3.8, 4) is 5.75 Å². The van der Waals surface area contributed by atoms with Crippen molar-refractivity contribution in [2.24, 2.45) is 5.92 Å². The van der Waals surface area contributed by atoms with Crippen LogP contribution < -0.4 is 10.1 Å². The number of halogens is 1. The number of ether oxygens (including phenoxy) is 2. The number of likely N-dealkylation sites (tertiary alicyclic amines) is 1. The molecule has 126 valence electrons. The van der Waals surface area contributed by atoms with E-state index in [-0.39, 0.29) is 24.3 Å². The minimum atomic E-state index is -0.398. The molecule has 0 aliphatic carbocycles. The van der Waals surface area contributed by atoms with Gasteiger partial charge < -0.3 is 19.7 Å². The Morgan fingerprint density at radius 3 is 2.87 bits per heavy atom. The molecule has 2 rings (SSSR count). The van der Waals surface area contributed by atoms with Crippen LogP contribution >= 0.6 is 11.6 Å². The van der Waals surface area contributed by atoms with Crippen molar-refractivity contribution in [3.05, 3.63) is 23.2 Å². The van der Waals surface area contributed by atoms with Crippen LogP contribution in [0.1, 0.15) is 13.3 Å². The second-order valence-electron chi connectivity index (χ2n) is 5.59. The average molecular weight is 341 g/mol. The summed E-state index contributed by atoms with van der Waals surface area (Å²) in [5.41, 5.74) is 0.501. The highest BCUT2D eigenvalue weighted by Crippen LogP contribution is 2.29. The third kappa shape index (κ3) is 4.14. The van der Waals surface area contributed by atoms with Gasteiger partial charge in [-0.05, 0) is 25.1 Å². The van der Waals surface area contributed by atoms with Gasteiger partial charge in [-0.3, -0.25) is 9.59 Å². The van der Waals surface area contributed by atoms with Crippen LogP contribution in [0, 0.1) is 5.92 Å². The fourth-order valence-electron chi connectivity index (χ4n) is 2.68. The van der Waals surface area contributed by atoms with E-state index in [0.717, 1.165) is 0 Å². The van der Waals surface area contributed by atoms with Gasteiger partial charge in [-0.1, -0.05) is 11.6 Å². The van der Waals surface area contributed by atoms with Crippen molar-refractivity contribution in [2.75, 3.05) is 32.7 Å². The molecule has 1 N–H and O–H groups in total. The summed E-state index contributed by atoms with van der Waals surface area (Å²) in [6, 6.07) is 4.94. The molecule has 1 aromatic rings. The van der Waals surface area contributed by atoms with Crippen LogP contribution in [0.15, 0.2) is 18.2 Å². The van der Waals surface area contributed by atoms with Gasteiger partial charge in [0, 0.05) is 25.1 Å². The highest BCUT2D eigenvalue weighted by Gasteiger charge is 2.36. The second kappa shape index (κ2) is 7.66. The number of hydrogen-bond donors (Lipinski definition) is 1. The first-order valence-corrected chi connectivity index (χ1v) is 7.76. The summed E-state index contributed by atoms with van der Waals surface area (Å²) in [5, 5.41) is 3.30. The summed E-state index contributed by atoms with van der Waals surface area (Å²) >= 11 is 5.96. The van der Waals surface area contributed by atoms with Gasteiger partial charge in [-0.25, -0.2) is 0 Å². The zero-order chi connectivity index (χ0) is 17.0. The number of nitrogens with zero attached hydrogens (tertiary/aromatic N) is 1. The molecule has 0 bridgehead atoms. The highest BCUT2D eigenvalue weighted by molar-refractivity contribution is 6.31. The summed E-state index contributed by atoms with van der Waals surface area (Å²) in [7, 11) is 3.11. The molecule has 7 heteroatoms. The molecule has 0 aromatic heterocycles. The first kappa shape index (κ1) is 17.6. The highest BCUT2D eigenvalue weighted by atomic mass is 35.5. The normalized spacial score (nSPS) is 18.9. The van der Waals surface area contributed by atoms with Crippen LogP contribution in [0.3, 0.4) is 0 Å². The molecule has 1 heterocycles. The Morgan fingerprint density at radius 2 is 2.22 bits per heavy atom. The average Bonchev–Trinajstić information content (AvgIpc) is 2.90. The maximum absolute atomic E-state index is 12.4. The van der Waals surface area contributed by atoms with E-state index in [1.54, 1.807) is 30.2 Å². The summed E-state index contributed by atoms with van der Waals surface area (Å²) in [6.07, 6.45) is 0.197. The molecule has 1 saturated heterocycles. The topological polar surface area (TPSA) is 67.9 Å². The maximum Gasteiger partial charge on any atom is 0.229 e. The summed E-state index contributed by atoms with van der Waals surface area (Å²) in [6.45, 7) is 2.74. The molecule has 1 fully saturated rings. The summed E-state index contributed by atoms with van der Waals surface area (Å²) in [4.78, 5) is 26.2. The quantitative estimate of drug-likeness (QED) is 0.861. The van der Waals surface area contributed by atoms with Crippen LogP contribution in [-0.2, 0) is 14.3 Å². The molecule has 0 saturated carbocycles. The lowest BCUT2D eigenvalue weighted by Gasteiger charge is -2.24. The largest absolute Gasteiger partial charge is 0.495 e. The van der Waals surface area contributed by atoms with E-state index < -0.39 is 5.92 Å². The second-order valence-corrected chi connectivity index (χ2v) is 6.02. The van der Waals surface area contributed by atoms with Crippen molar-refractivity contribution in [3.63, 3.8) is 0 Å². The Kier molecular flexibility index (Phi) is 5.85. The van der Waals surface area contributed by atoms with Crippen molar-refractivity contribution in [1.29, 1.82) is 0 Å². The number of carbonyl (C=O) groups excluding carboxylic acids is 2. The zero-order valence-corrected chi connectivity index (χ0v) is 14.2. The Morgan fingerprint density at radius 1 is 1.48 bits per heavy atom. The third-order valence-corrected chi connectivity index (χ3v) is 4.12. The lowest BCUT2D eigenvalue weighted by Crippen LogP contribution is -2.38. The van der Waals surface area contributed by atoms with Gasteiger partial charge in [-0.2, -0.15) is 0 Å². The van der Waals surface area contributed by atoms with Crippen molar-refractivity contribution < 1.29 is 19.1 Å². The summed E-state index contributed by atoms with van der Waals surface area (Å²) < 4.78 is 10.3. The predicted octanol–water partition coefficient (Wildman–Crippen LogP) is 2.17. The van der Waals surface area contributed by atoms with Crippen LogP contribution in [0.4, 0.5) is 5.69 Å². The number of carbonyl (C=O) groups is 2. The minimum Gasteiger partial charge on any atom is -0.495 e. The van der Waals surface area contributed by atoms with E-state index in [1.807, 2.05) is 6.92 Å². The SMILES string of the molecule is COC[C@@H](C)N1C[C@H](C(=O)Nc2cc(Cl)ccc2OC)CC1=O. The van der Waals surface area contributed by atoms with E-state index in [0.29, 0.717) is 29.6 Å². The number of benzene rings is 1.